The van der Waals surface area contributed by atoms with Gasteiger partial charge in [0.2, 0.25) is 0 Å². The predicted octanol–water partition coefficient (Wildman–Crippen LogP) is 1.39. The summed E-state index contributed by atoms with van der Waals surface area (Å²) in [5.41, 5.74) is 2.29. The van der Waals surface area contributed by atoms with Crippen molar-refractivity contribution >= 4 is 22.4 Å². The molecule has 0 radical (unpaired) electrons. The average molecular weight is 311 g/mol. The zero-order valence-electron chi connectivity index (χ0n) is 13.5. The smallest absolute Gasteiger partial charge is 0.155 e. The first kappa shape index (κ1) is 14.4. The molecule has 1 saturated heterocycles. The van der Waals surface area contributed by atoms with E-state index in [0.29, 0.717) is 13.1 Å². The summed E-state index contributed by atoms with van der Waals surface area (Å²) in [4.78, 5) is 13.3. The first-order valence-electron chi connectivity index (χ1n) is 7.89. The molecule has 1 atom stereocenters. The van der Waals surface area contributed by atoms with E-state index in [1.807, 2.05) is 55.8 Å². The van der Waals surface area contributed by atoms with Crippen molar-refractivity contribution in [1.82, 2.24) is 19.3 Å². The Kier molecular flexibility index (Phi) is 3.25. The van der Waals surface area contributed by atoms with Gasteiger partial charge in [-0.1, -0.05) is 12.1 Å². The fraction of sp³-hybridized carbons (Fsp3) is 0.412. The fourth-order valence-corrected chi connectivity index (χ4v) is 3.57. The van der Waals surface area contributed by atoms with E-state index >= 15 is 0 Å². The summed E-state index contributed by atoms with van der Waals surface area (Å²) in [7, 11) is 3.98. The minimum absolute atomic E-state index is 0.595. The van der Waals surface area contributed by atoms with Gasteiger partial charge in [0, 0.05) is 19.6 Å². The van der Waals surface area contributed by atoms with Crippen molar-refractivity contribution in [3.8, 4) is 0 Å². The molecule has 1 N–H and O–H groups in total. The number of anilines is 1. The van der Waals surface area contributed by atoms with Crippen LogP contribution in [0.5, 0.6) is 0 Å². The van der Waals surface area contributed by atoms with E-state index in [4.69, 9.17) is 4.98 Å². The molecule has 0 aliphatic carbocycles. The van der Waals surface area contributed by atoms with Crippen molar-refractivity contribution < 1.29 is 5.11 Å². The summed E-state index contributed by atoms with van der Waals surface area (Å²) in [5, 5.41) is 10.8. The molecule has 1 unspecified atom stereocenters. The summed E-state index contributed by atoms with van der Waals surface area (Å²) >= 11 is 0. The Morgan fingerprint density at radius 1 is 1.26 bits per heavy atom. The van der Waals surface area contributed by atoms with Gasteiger partial charge in [0.25, 0.3) is 0 Å². The molecule has 0 spiro atoms. The van der Waals surface area contributed by atoms with Crippen LogP contribution in [0.2, 0.25) is 0 Å². The Labute approximate surface area is 135 Å². The standard InChI is InChI=1S/C17H21N5O/c1-20(2)10-17(23)7-8-21(11-17)16-15-9-18-12-22(15)14-6-4-3-5-13(14)19-16/h3-6,9,12,23H,7-8,10-11H2,1-2H3. The Bertz CT molecular complexity index is 858. The zero-order chi connectivity index (χ0) is 16.0. The lowest BCUT2D eigenvalue weighted by atomic mass is 10.0. The Hall–Kier alpha value is -2.18. The number of hydrogen-bond acceptors (Lipinski definition) is 5. The molecule has 120 valence electrons. The number of para-hydroxylation sites is 2. The third-order valence-corrected chi connectivity index (χ3v) is 4.48. The average Bonchev–Trinajstić information content (AvgIpc) is 3.13. The second-order valence-corrected chi connectivity index (χ2v) is 6.71. The van der Waals surface area contributed by atoms with E-state index in [2.05, 4.69) is 14.3 Å². The van der Waals surface area contributed by atoms with Crippen LogP contribution in [-0.2, 0) is 0 Å². The fourth-order valence-electron chi connectivity index (χ4n) is 3.57. The van der Waals surface area contributed by atoms with E-state index in [9.17, 15) is 5.11 Å². The summed E-state index contributed by atoms with van der Waals surface area (Å²) < 4.78 is 2.07. The highest BCUT2D eigenvalue weighted by molar-refractivity contribution is 5.84. The van der Waals surface area contributed by atoms with Crippen LogP contribution in [0.3, 0.4) is 0 Å². The number of hydrogen-bond donors (Lipinski definition) is 1. The topological polar surface area (TPSA) is 56.9 Å². The first-order chi connectivity index (χ1) is 11.1. The number of nitrogens with zero attached hydrogens (tertiary/aromatic N) is 5. The van der Waals surface area contributed by atoms with Gasteiger partial charge >= 0.3 is 0 Å². The summed E-state index contributed by atoms with van der Waals surface area (Å²) in [6.07, 6.45) is 4.42. The normalized spacial score (nSPS) is 21.8. The lowest BCUT2D eigenvalue weighted by Crippen LogP contribution is -2.42. The van der Waals surface area contributed by atoms with E-state index < -0.39 is 5.60 Å². The SMILES string of the molecule is CN(C)CC1(O)CCN(c2nc3ccccc3n3cncc23)C1. The summed E-state index contributed by atoms with van der Waals surface area (Å²) in [6, 6.07) is 8.07. The van der Waals surface area contributed by atoms with Crippen molar-refractivity contribution in [3.63, 3.8) is 0 Å². The number of benzene rings is 1. The van der Waals surface area contributed by atoms with Gasteiger partial charge < -0.3 is 14.9 Å². The molecule has 1 fully saturated rings. The summed E-state index contributed by atoms with van der Waals surface area (Å²) in [5.74, 6) is 0.899. The van der Waals surface area contributed by atoms with Crippen LogP contribution in [0.1, 0.15) is 6.42 Å². The lowest BCUT2D eigenvalue weighted by molar-refractivity contribution is 0.0366. The van der Waals surface area contributed by atoms with E-state index in [0.717, 1.165) is 35.3 Å². The number of aliphatic hydroxyl groups is 1. The van der Waals surface area contributed by atoms with Gasteiger partial charge in [0.1, 0.15) is 5.52 Å². The van der Waals surface area contributed by atoms with Gasteiger partial charge in [-0.25, -0.2) is 9.97 Å². The van der Waals surface area contributed by atoms with Gasteiger partial charge in [0.05, 0.1) is 29.2 Å². The van der Waals surface area contributed by atoms with Crippen molar-refractivity contribution in [3.05, 3.63) is 36.8 Å². The number of imidazole rings is 1. The van der Waals surface area contributed by atoms with Crippen molar-refractivity contribution in [2.45, 2.75) is 12.0 Å². The Morgan fingerprint density at radius 2 is 2.09 bits per heavy atom. The highest BCUT2D eigenvalue weighted by atomic mass is 16.3. The second kappa shape index (κ2) is 5.18. The highest BCUT2D eigenvalue weighted by Gasteiger charge is 2.37. The molecule has 0 saturated carbocycles. The third-order valence-electron chi connectivity index (χ3n) is 4.48. The van der Waals surface area contributed by atoms with Gasteiger partial charge in [-0.05, 0) is 32.6 Å². The second-order valence-electron chi connectivity index (χ2n) is 6.71. The largest absolute Gasteiger partial charge is 0.387 e. The zero-order valence-corrected chi connectivity index (χ0v) is 13.5. The highest BCUT2D eigenvalue weighted by Crippen LogP contribution is 2.30. The van der Waals surface area contributed by atoms with Crippen molar-refractivity contribution in [1.29, 1.82) is 0 Å². The van der Waals surface area contributed by atoms with Crippen molar-refractivity contribution in [2.75, 3.05) is 38.6 Å². The Balaban J connectivity index is 1.78. The van der Waals surface area contributed by atoms with Crippen LogP contribution in [0, 0.1) is 0 Å². The number of likely N-dealkylation sites (N-methyl/N-ethyl adjacent to an activating group) is 1. The minimum atomic E-state index is -0.687. The molecule has 3 heterocycles. The number of rotatable bonds is 3. The van der Waals surface area contributed by atoms with Crippen LogP contribution in [0.4, 0.5) is 5.82 Å². The lowest BCUT2D eigenvalue weighted by Gasteiger charge is -2.27. The maximum absolute atomic E-state index is 10.8. The van der Waals surface area contributed by atoms with Crippen LogP contribution in [0.25, 0.3) is 16.6 Å². The number of β-amino-alcohol motifs (C(OH)–C–C–N with tert-alkyl or cyclic N) is 1. The quantitative estimate of drug-likeness (QED) is 0.792. The van der Waals surface area contributed by atoms with E-state index in [-0.39, 0.29) is 0 Å². The molecular formula is C17H21N5O. The van der Waals surface area contributed by atoms with Crippen LogP contribution >= 0.6 is 0 Å². The van der Waals surface area contributed by atoms with Gasteiger partial charge in [-0.2, -0.15) is 0 Å². The predicted molar refractivity (Wildman–Crippen MR) is 90.8 cm³/mol. The first-order valence-corrected chi connectivity index (χ1v) is 7.89. The molecule has 0 amide bonds. The summed E-state index contributed by atoms with van der Waals surface area (Å²) in [6.45, 7) is 2.06. The molecule has 2 aromatic heterocycles. The molecule has 1 aromatic carbocycles. The van der Waals surface area contributed by atoms with Crippen LogP contribution in [-0.4, -0.2) is 63.7 Å². The van der Waals surface area contributed by atoms with Crippen LogP contribution < -0.4 is 4.90 Å². The maximum Gasteiger partial charge on any atom is 0.155 e. The molecule has 1 aliphatic heterocycles. The van der Waals surface area contributed by atoms with E-state index in [1.54, 1.807) is 0 Å². The number of fused-ring (bicyclic) bond motifs is 3. The molecule has 23 heavy (non-hydrogen) atoms. The molecule has 3 aromatic rings. The van der Waals surface area contributed by atoms with Gasteiger partial charge in [-0.3, -0.25) is 4.40 Å². The molecule has 6 nitrogen and oxygen atoms in total. The third kappa shape index (κ3) is 2.44. The molecular weight excluding hydrogens is 290 g/mol. The Morgan fingerprint density at radius 3 is 2.91 bits per heavy atom. The number of aromatic nitrogens is 3. The molecule has 1 aliphatic rings. The van der Waals surface area contributed by atoms with Crippen LogP contribution in [0.15, 0.2) is 36.8 Å². The molecule has 0 bridgehead atoms. The minimum Gasteiger partial charge on any atom is -0.387 e. The molecule has 6 heteroatoms. The van der Waals surface area contributed by atoms with E-state index in [1.165, 1.54) is 0 Å². The monoisotopic (exact) mass is 311 g/mol. The van der Waals surface area contributed by atoms with Gasteiger partial charge in [-0.15, -0.1) is 0 Å². The molecule has 4 rings (SSSR count). The van der Waals surface area contributed by atoms with Crippen molar-refractivity contribution in [2.24, 2.45) is 0 Å². The van der Waals surface area contributed by atoms with Gasteiger partial charge in [0.15, 0.2) is 5.82 Å². The maximum atomic E-state index is 10.8.